The number of hydrogen-bond donors (Lipinski definition) is 1. The summed E-state index contributed by atoms with van der Waals surface area (Å²) in [5.74, 6) is 1.88. The summed E-state index contributed by atoms with van der Waals surface area (Å²) >= 11 is 0. The predicted molar refractivity (Wildman–Crippen MR) is 62.8 cm³/mol. The molecule has 1 aliphatic heterocycles. The van der Waals surface area contributed by atoms with Crippen molar-refractivity contribution in [3.63, 3.8) is 0 Å². The Morgan fingerprint density at radius 1 is 1.27 bits per heavy atom. The third-order valence-electron chi connectivity index (χ3n) is 3.31. The molecular weight excluding hydrogens is 188 g/mol. The number of rotatable bonds is 4. The highest BCUT2D eigenvalue weighted by Crippen LogP contribution is 2.22. The maximum absolute atomic E-state index is 11.6. The molecule has 15 heavy (non-hydrogen) atoms. The predicted octanol–water partition coefficient (Wildman–Crippen LogP) is 2.33. The Labute approximate surface area is 93.2 Å². The van der Waals surface area contributed by atoms with Crippen LogP contribution in [0.1, 0.15) is 34.1 Å². The number of carbonyl (C=O) groups excluding carboxylic acids is 1. The molecule has 3 heteroatoms. The van der Waals surface area contributed by atoms with Crippen molar-refractivity contribution < 1.29 is 4.79 Å². The number of carbonyl (C=O) groups is 1. The zero-order valence-corrected chi connectivity index (χ0v) is 10.4. The standard InChI is InChI=1S/C12H24N2O/c1-9(2)11(10(3)4)8-14-7-5-6-13-12(14)15/h9-11H,5-8H2,1-4H3,(H,13,15). The molecule has 1 aliphatic rings. The van der Waals surface area contributed by atoms with E-state index in [0.717, 1.165) is 26.1 Å². The first-order valence-corrected chi connectivity index (χ1v) is 6.05. The number of nitrogens with one attached hydrogen (secondary N) is 1. The van der Waals surface area contributed by atoms with E-state index < -0.39 is 0 Å². The lowest BCUT2D eigenvalue weighted by Crippen LogP contribution is -2.49. The van der Waals surface area contributed by atoms with E-state index in [1.54, 1.807) is 0 Å². The molecule has 1 heterocycles. The van der Waals surface area contributed by atoms with Crippen LogP contribution >= 0.6 is 0 Å². The third-order valence-corrected chi connectivity index (χ3v) is 3.31. The molecule has 1 fully saturated rings. The zero-order valence-electron chi connectivity index (χ0n) is 10.4. The summed E-state index contributed by atoms with van der Waals surface area (Å²) in [5.41, 5.74) is 0. The van der Waals surface area contributed by atoms with Crippen LogP contribution in [0, 0.1) is 17.8 Å². The summed E-state index contributed by atoms with van der Waals surface area (Å²) in [4.78, 5) is 13.6. The highest BCUT2D eigenvalue weighted by molar-refractivity contribution is 5.74. The lowest BCUT2D eigenvalue weighted by Gasteiger charge is -2.34. The van der Waals surface area contributed by atoms with Gasteiger partial charge >= 0.3 is 6.03 Å². The first-order valence-electron chi connectivity index (χ1n) is 6.05. The van der Waals surface area contributed by atoms with Crippen LogP contribution in [0.5, 0.6) is 0 Å². The van der Waals surface area contributed by atoms with Crippen molar-refractivity contribution in [3.8, 4) is 0 Å². The van der Waals surface area contributed by atoms with Crippen LogP contribution in [0.2, 0.25) is 0 Å². The van der Waals surface area contributed by atoms with E-state index in [2.05, 4.69) is 33.0 Å². The Hall–Kier alpha value is -0.730. The van der Waals surface area contributed by atoms with E-state index in [4.69, 9.17) is 0 Å². The van der Waals surface area contributed by atoms with Gasteiger partial charge in [0.1, 0.15) is 0 Å². The minimum atomic E-state index is 0.118. The second kappa shape index (κ2) is 5.38. The highest BCUT2D eigenvalue weighted by Gasteiger charge is 2.25. The topological polar surface area (TPSA) is 32.3 Å². The Morgan fingerprint density at radius 3 is 2.33 bits per heavy atom. The van der Waals surface area contributed by atoms with Crippen molar-refractivity contribution in [2.45, 2.75) is 34.1 Å². The van der Waals surface area contributed by atoms with Gasteiger partial charge in [-0.25, -0.2) is 4.79 Å². The smallest absolute Gasteiger partial charge is 0.317 e. The van der Waals surface area contributed by atoms with Crippen molar-refractivity contribution >= 4 is 6.03 Å². The number of amides is 2. The van der Waals surface area contributed by atoms with E-state index in [1.807, 2.05) is 4.90 Å². The van der Waals surface area contributed by atoms with Crippen molar-refractivity contribution in [2.75, 3.05) is 19.6 Å². The molecule has 88 valence electrons. The van der Waals surface area contributed by atoms with Crippen LogP contribution in [0.15, 0.2) is 0 Å². The number of hydrogen-bond acceptors (Lipinski definition) is 1. The summed E-state index contributed by atoms with van der Waals surface area (Å²) < 4.78 is 0. The van der Waals surface area contributed by atoms with Gasteiger partial charge < -0.3 is 10.2 Å². The molecule has 1 saturated heterocycles. The van der Waals surface area contributed by atoms with E-state index in [-0.39, 0.29) is 6.03 Å². The van der Waals surface area contributed by atoms with E-state index in [1.165, 1.54) is 0 Å². The van der Waals surface area contributed by atoms with Crippen molar-refractivity contribution in [1.82, 2.24) is 10.2 Å². The van der Waals surface area contributed by atoms with Crippen molar-refractivity contribution in [2.24, 2.45) is 17.8 Å². The fraction of sp³-hybridized carbons (Fsp3) is 0.917. The second-order valence-corrected chi connectivity index (χ2v) is 5.18. The average Bonchev–Trinajstić information content (AvgIpc) is 2.15. The average molecular weight is 212 g/mol. The molecule has 0 bridgehead atoms. The van der Waals surface area contributed by atoms with Crippen molar-refractivity contribution in [3.05, 3.63) is 0 Å². The number of urea groups is 1. The Morgan fingerprint density at radius 2 is 1.87 bits per heavy atom. The maximum atomic E-state index is 11.6. The highest BCUT2D eigenvalue weighted by atomic mass is 16.2. The molecule has 0 aromatic carbocycles. The Balaban J connectivity index is 2.53. The van der Waals surface area contributed by atoms with Gasteiger partial charge in [0, 0.05) is 19.6 Å². The van der Waals surface area contributed by atoms with Gasteiger partial charge in [-0.15, -0.1) is 0 Å². The lowest BCUT2D eigenvalue weighted by molar-refractivity contribution is 0.151. The van der Waals surface area contributed by atoms with E-state index in [9.17, 15) is 4.79 Å². The number of nitrogens with zero attached hydrogens (tertiary/aromatic N) is 1. The normalized spacial score (nSPS) is 17.8. The largest absolute Gasteiger partial charge is 0.338 e. The van der Waals surface area contributed by atoms with Gasteiger partial charge in [-0.2, -0.15) is 0 Å². The summed E-state index contributed by atoms with van der Waals surface area (Å²) in [6, 6.07) is 0.118. The minimum Gasteiger partial charge on any atom is -0.338 e. The molecule has 1 N–H and O–H groups in total. The Bertz CT molecular complexity index is 206. The molecule has 1 rings (SSSR count). The molecule has 0 radical (unpaired) electrons. The second-order valence-electron chi connectivity index (χ2n) is 5.18. The quantitative estimate of drug-likeness (QED) is 0.762. The minimum absolute atomic E-state index is 0.118. The van der Waals surface area contributed by atoms with Crippen molar-refractivity contribution in [1.29, 1.82) is 0 Å². The van der Waals surface area contributed by atoms with Crippen LogP contribution in [-0.2, 0) is 0 Å². The first-order chi connectivity index (χ1) is 7.02. The summed E-state index contributed by atoms with van der Waals surface area (Å²) in [7, 11) is 0. The summed E-state index contributed by atoms with van der Waals surface area (Å²) in [6.07, 6.45) is 1.08. The van der Waals surface area contributed by atoms with Crippen LogP contribution in [0.25, 0.3) is 0 Å². The van der Waals surface area contributed by atoms with Gasteiger partial charge in [0.15, 0.2) is 0 Å². The molecule has 0 atom stereocenters. The molecule has 0 aromatic rings. The van der Waals surface area contributed by atoms with Crippen LogP contribution in [-0.4, -0.2) is 30.6 Å². The molecule has 0 aliphatic carbocycles. The van der Waals surface area contributed by atoms with Gasteiger partial charge in [0.25, 0.3) is 0 Å². The zero-order chi connectivity index (χ0) is 11.4. The first kappa shape index (κ1) is 12.3. The van der Waals surface area contributed by atoms with Gasteiger partial charge in [0.2, 0.25) is 0 Å². The van der Waals surface area contributed by atoms with Crippen LogP contribution in [0.4, 0.5) is 4.79 Å². The molecule has 3 nitrogen and oxygen atoms in total. The monoisotopic (exact) mass is 212 g/mol. The Kier molecular flexibility index (Phi) is 4.43. The fourth-order valence-corrected chi connectivity index (χ4v) is 2.30. The van der Waals surface area contributed by atoms with E-state index in [0.29, 0.717) is 17.8 Å². The van der Waals surface area contributed by atoms with Gasteiger partial charge in [-0.3, -0.25) is 0 Å². The van der Waals surface area contributed by atoms with Crippen LogP contribution < -0.4 is 5.32 Å². The van der Waals surface area contributed by atoms with Crippen LogP contribution in [0.3, 0.4) is 0 Å². The molecule has 0 saturated carbocycles. The summed E-state index contributed by atoms with van der Waals surface area (Å²) in [6.45, 7) is 11.6. The van der Waals surface area contributed by atoms with Gasteiger partial charge in [-0.1, -0.05) is 27.7 Å². The maximum Gasteiger partial charge on any atom is 0.317 e. The van der Waals surface area contributed by atoms with Gasteiger partial charge in [0.05, 0.1) is 0 Å². The SMILES string of the molecule is CC(C)C(CN1CCCNC1=O)C(C)C. The fourth-order valence-electron chi connectivity index (χ4n) is 2.30. The van der Waals surface area contributed by atoms with Gasteiger partial charge in [-0.05, 0) is 24.2 Å². The molecule has 0 aromatic heterocycles. The molecule has 2 amide bonds. The summed E-state index contributed by atoms with van der Waals surface area (Å²) in [5, 5.41) is 2.90. The lowest BCUT2D eigenvalue weighted by atomic mass is 9.85. The molecule has 0 spiro atoms. The third kappa shape index (κ3) is 3.40. The molecule has 0 unspecified atom stereocenters. The van der Waals surface area contributed by atoms with E-state index >= 15 is 0 Å². The molecular formula is C12H24N2O.